The standard InChI is InChI=1S/C23H33N5O21P4/c1-24-20-15-21(26-9-25-20)28(10-27-15)22-18(31)16(29)13(45-22)7-42-50(33,34)47-52(37,38)49-53(39,40)48-51(35,36)43-8-14-17(30)19(32)23(46-14)44-12-5-3-11(41-2)4-6-12/h3-6,9-10,13-14,16-19,22-23,29-32H,7-8H2,1-2H3,(H,33,34)(H,35,36)(H,37,38)(H,39,40)(H,24,25,26)/t13-,14-,16-,17-,18-,19-,22-,23-/m1/s1. The second kappa shape index (κ2) is 16.3. The summed E-state index contributed by atoms with van der Waals surface area (Å²) in [6, 6.07) is 5.93. The van der Waals surface area contributed by atoms with Gasteiger partial charge >= 0.3 is 31.3 Å². The second-order valence-corrected chi connectivity index (χ2v) is 17.1. The quantitative estimate of drug-likeness (QED) is 0.0774. The number of anilines is 1. The molecule has 2 saturated heterocycles. The number of aliphatic hydroxyl groups is 4. The first kappa shape index (κ1) is 41.6. The molecule has 0 spiro atoms. The highest BCUT2D eigenvalue weighted by atomic mass is 31.3. The molecule has 9 N–H and O–H groups in total. The van der Waals surface area contributed by atoms with E-state index in [2.05, 4.69) is 42.2 Å². The first-order chi connectivity index (χ1) is 24.7. The van der Waals surface area contributed by atoms with E-state index in [-0.39, 0.29) is 16.9 Å². The van der Waals surface area contributed by atoms with E-state index >= 15 is 0 Å². The van der Waals surface area contributed by atoms with Gasteiger partial charge in [0.1, 0.15) is 60.0 Å². The SMILES string of the molecule is CNc1ncnc2c1ncn2[C@@H]1O[C@H](COP(=O)(O)OP(=O)(O)OP(=O)(O)OP(=O)(O)OC[C@H]2O[C@@H](Oc3ccc(OC)cc3)[C@H](O)[C@@H]2O)[C@@H](O)[C@H]1O. The first-order valence-corrected chi connectivity index (χ1v) is 20.7. The van der Waals surface area contributed by atoms with Gasteiger partial charge < -0.3 is 64.3 Å². The number of benzene rings is 1. The van der Waals surface area contributed by atoms with Gasteiger partial charge in [-0.15, -0.1) is 0 Å². The number of phosphoric acid groups is 4. The van der Waals surface area contributed by atoms with Gasteiger partial charge in [-0.25, -0.2) is 33.2 Å². The fraction of sp³-hybridized carbons (Fsp3) is 0.522. The maximum absolute atomic E-state index is 12.4. The topological polar surface area (TPSA) is 369 Å². The molecule has 0 saturated carbocycles. The molecule has 5 rings (SSSR count). The predicted molar refractivity (Wildman–Crippen MR) is 170 cm³/mol. The summed E-state index contributed by atoms with van der Waals surface area (Å²) in [7, 11) is -20.8. The molecule has 4 unspecified atom stereocenters. The van der Waals surface area contributed by atoms with E-state index in [0.717, 1.165) is 0 Å². The van der Waals surface area contributed by atoms with E-state index in [9.17, 15) is 58.3 Å². The van der Waals surface area contributed by atoms with Crippen LogP contribution in [0.4, 0.5) is 5.82 Å². The molecule has 2 aliphatic rings. The number of methoxy groups -OCH3 is 1. The lowest BCUT2D eigenvalue weighted by molar-refractivity contribution is -0.115. The zero-order chi connectivity index (χ0) is 38.9. The van der Waals surface area contributed by atoms with Gasteiger partial charge in [0.15, 0.2) is 17.7 Å². The number of ether oxygens (including phenoxy) is 4. The first-order valence-electron chi connectivity index (χ1n) is 14.7. The number of hydrogen-bond donors (Lipinski definition) is 9. The third-order valence-electron chi connectivity index (χ3n) is 7.26. The molecule has 3 aromatic rings. The van der Waals surface area contributed by atoms with E-state index in [4.69, 9.17) is 18.9 Å². The molecule has 2 aromatic heterocycles. The molecule has 53 heavy (non-hydrogen) atoms. The molecule has 0 bridgehead atoms. The Balaban J connectivity index is 1.11. The van der Waals surface area contributed by atoms with Crippen LogP contribution in [0.15, 0.2) is 36.9 Å². The lowest BCUT2D eigenvalue weighted by Crippen LogP contribution is -2.35. The summed E-state index contributed by atoms with van der Waals surface area (Å²) in [5, 5.41) is 44.3. The number of nitrogens with zero attached hydrogens (tertiary/aromatic N) is 4. The Morgan fingerprint density at radius 1 is 0.736 bits per heavy atom. The van der Waals surface area contributed by atoms with Crippen LogP contribution >= 0.6 is 31.3 Å². The molecule has 26 nitrogen and oxygen atoms in total. The zero-order valence-corrected chi connectivity index (χ0v) is 30.5. The summed E-state index contributed by atoms with van der Waals surface area (Å²) in [6.45, 7) is -2.18. The number of rotatable bonds is 17. The molecular formula is C23H33N5O21P4. The molecule has 1 aromatic carbocycles. The van der Waals surface area contributed by atoms with Crippen LogP contribution in [0.1, 0.15) is 6.23 Å². The number of nitrogens with one attached hydrogen (secondary N) is 1. The van der Waals surface area contributed by atoms with Crippen LogP contribution < -0.4 is 14.8 Å². The van der Waals surface area contributed by atoms with Crippen molar-refractivity contribution >= 4 is 48.3 Å². The second-order valence-electron chi connectivity index (χ2n) is 10.9. The van der Waals surface area contributed by atoms with Crippen molar-refractivity contribution in [3.63, 3.8) is 0 Å². The summed E-state index contributed by atoms with van der Waals surface area (Å²) in [5.41, 5.74) is 0.435. The van der Waals surface area contributed by atoms with Crippen LogP contribution in [-0.4, -0.2) is 130 Å². The Morgan fingerprint density at radius 2 is 1.26 bits per heavy atom. The molecular weight excluding hydrogens is 806 g/mol. The zero-order valence-electron chi connectivity index (χ0n) is 27.0. The molecule has 2 aliphatic heterocycles. The molecule has 296 valence electrons. The maximum atomic E-state index is 12.4. The largest absolute Gasteiger partial charge is 0.497 e. The third kappa shape index (κ3) is 10.2. The van der Waals surface area contributed by atoms with Crippen molar-refractivity contribution in [3.8, 4) is 11.5 Å². The van der Waals surface area contributed by atoms with Crippen LogP contribution in [0.3, 0.4) is 0 Å². The molecule has 0 aliphatic carbocycles. The number of fused-ring (bicyclic) bond motifs is 1. The predicted octanol–water partition coefficient (Wildman–Crippen LogP) is -0.494. The smallest absolute Gasteiger partial charge is 0.490 e. The number of aliphatic hydroxyl groups excluding tert-OH is 4. The minimum absolute atomic E-state index is 0.164. The fourth-order valence-corrected chi connectivity index (χ4v) is 9.81. The summed E-state index contributed by atoms with van der Waals surface area (Å²) < 4.78 is 92.5. The van der Waals surface area contributed by atoms with E-state index in [1.807, 2.05) is 0 Å². The van der Waals surface area contributed by atoms with E-state index in [1.54, 1.807) is 7.05 Å². The van der Waals surface area contributed by atoms with Crippen LogP contribution in [-0.2, 0) is 49.7 Å². The Bertz CT molecular complexity index is 1940. The van der Waals surface area contributed by atoms with Gasteiger partial charge in [0.2, 0.25) is 6.29 Å². The van der Waals surface area contributed by atoms with E-state index in [0.29, 0.717) is 11.6 Å². The molecule has 0 amide bonds. The molecule has 12 atom stereocenters. The fourth-order valence-electron chi connectivity index (χ4n) is 4.86. The van der Waals surface area contributed by atoms with E-state index < -0.39 is 93.6 Å². The molecule has 2 fully saturated rings. The highest BCUT2D eigenvalue weighted by Crippen LogP contribution is 2.71. The van der Waals surface area contributed by atoms with Crippen molar-refractivity contribution < 1.29 is 99.2 Å². The summed E-state index contributed by atoms with van der Waals surface area (Å²) in [6.07, 6.45) is -10.6. The lowest BCUT2D eigenvalue weighted by Gasteiger charge is -2.21. The van der Waals surface area contributed by atoms with Gasteiger partial charge in [-0.3, -0.25) is 13.6 Å². The third-order valence-corrected chi connectivity index (χ3v) is 13.2. The van der Waals surface area contributed by atoms with Gasteiger partial charge in [-0.2, -0.15) is 12.9 Å². The van der Waals surface area contributed by atoms with Crippen molar-refractivity contribution in [2.45, 2.75) is 49.1 Å². The van der Waals surface area contributed by atoms with E-state index in [1.165, 1.54) is 48.6 Å². The highest BCUT2D eigenvalue weighted by Gasteiger charge is 2.50. The Kier molecular flexibility index (Phi) is 12.8. The minimum atomic E-state index is -6.17. The van der Waals surface area contributed by atoms with Crippen LogP contribution in [0.2, 0.25) is 0 Å². The molecule has 4 heterocycles. The van der Waals surface area contributed by atoms with Crippen molar-refractivity contribution in [2.24, 2.45) is 0 Å². The Hall–Kier alpha value is -2.51. The van der Waals surface area contributed by atoms with Crippen molar-refractivity contribution in [1.29, 1.82) is 0 Å². The lowest BCUT2D eigenvalue weighted by atomic mass is 10.1. The van der Waals surface area contributed by atoms with Gasteiger partial charge in [0.25, 0.3) is 0 Å². The summed E-state index contributed by atoms with van der Waals surface area (Å²) in [4.78, 5) is 51.7. The summed E-state index contributed by atoms with van der Waals surface area (Å²) in [5.74, 6) is 0.977. The molecule has 30 heteroatoms. The monoisotopic (exact) mass is 839 g/mol. The molecule has 0 radical (unpaired) electrons. The van der Waals surface area contributed by atoms with Crippen molar-refractivity contribution in [2.75, 3.05) is 32.7 Å². The highest BCUT2D eigenvalue weighted by molar-refractivity contribution is 7.69. The number of hydrogen-bond acceptors (Lipinski definition) is 21. The number of aromatic nitrogens is 4. The van der Waals surface area contributed by atoms with Crippen LogP contribution in [0.5, 0.6) is 11.5 Å². The Morgan fingerprint density at radius 3 is 1.83 bits per heavy atom. The number of phosphoric ester groups is 2. The van der Waals surface area contributed by atoms with Crippen LogP contribution in [0.25, 0.3) is 11.2 Å². The van der Waals surface area contributed by atoms with Gasteiger partial charge in [-0.05, 0) is 24.3 Å². The minimum Gasteiger partial charge on any atom is -0.497 e. The van der Waals surface area contributed by atoms with Crippen LogP contribution in [0, 0.1) is 0 Å². The maximum Gasteiger partial charge on any atom is 0.490 e. The normalized spacial score (nSPS) is 30.6. The average molecular weight is 839 g/mol. The van der Waals surface area contributed by atoms with Gasteiger partial charge in [0.05, 0.1) is 26.7 Å². The number of imidazole rings is 1. The van der Waals surface area contributed by atoms with Gasteiger partial charge in [-0.1, -0.05) is 0 Å². The Labute approximate surface area is 297 Å². The van der Waals surface area contributed by atoms with Gasteiger partial charge in [0, 0.05) is 7.05 Å². The average Bonchev–Trinajstić information content (AvgIpc) is 3.71. The summed E-state index contributed by atoms with van der Waals surface area (Å²) >= 11 is 0. The van der Waals surface area contributed by atoms with Crippen molar-refractivity contribution in [3.05, 3.63) is 36.9 Å². The van der Waals surface area contributed by atoms with Crippen molar-refractivity contribution in [1.82, 2.24) is 19.5 Å².